The third kappa shape index (κ3) is 3.11. The first-order valence-corrected chi connectivity index (χ1v) is 8.29. The molecule has 110 valence electrons. The largest absolute Gasteiger partial charge is 0.316 e. The lowest BCUT2D eigenvalue weighted by Crippen LogP contribution is -2.35. The average molecular weight is 294 g/mol. The Morgan fingerprint density at radius 2 is 2.05 bits per heavy atom. The first-order chi connectivity index (χ1) is 9.45. The fraction of sp³-hybridized carbons (Fsp3) is 0.467. The fourth-order valence-corrected chi connectivity index (χ4v) is 4.23. The molecule has 1 aromatic rings. The molecule has 0 aliphatic carbocycles. The van der Waals surface area contributed by atoms with Crippen LogP contribution in [0.5, 0.6) is 0 Å². The van der Waals surface area contributed by atoms with Crippen LogP contribution in [0.1, 0.15) is 24.5 Å². The molecule has 0 spiro atoms. The Kier molecular flexibility index (Phi) is 4.62. The van der Waals surface area contributed by atoms with Crippen molar-refractivity contribution >= 4 is 10.0 Å². The molecule has 5 heteroatoms. The van der Waals surface area contributed by atoms with Gasteiger partial charge in [0.1, 0.15) is 0 Å². The number of sulfonamides is 1. The van der Waals surface area contributed by atoms with Crippen LogP contribution in [0.4, 0.5) is 0 Å². The summed E-state index contributed by atoms with van der Waals surface area (Å²) >= 11 is 0. The normalized spacial score (nSPS) is 17.1. The number of hydrogen-bond acceptors (Lipinski definition) is 3. The molecule has 4 nitrogen and oxygen atoms in total. The summed E-state index contributed by atoms with van der Waals surface area (Å²) in [6.07, 6.45) is 2.90. The highest BCUT2D eigenvalue weighted by atomic mass is 32.2. The van der Waals surface area contributed by atoms with Gasteiger partial charge in [-0.3, -0.25) is 0 Å². The van der Waals surface area contributed by atoms with Crippen LogP contribution in [-0.2, 0) is 16.6 Å². The van der Waals surface area contributed by atoms with E-state index in [1.165, 1.54) is 0 Å². The van der Waals surface area contributed by atoms with Crippen LogP contribution < -0.4 is 5.32 Å². The average Bonchev–Trinajstić information content (AvgIpc) is 2.41. The molecule has 2 rings (SSSR count). The van der Waals surface area contributed by atoms with Crippen molar-refractivity contribution < 1.29 is 8.42 Å². The van der Waals surface area contributed by atoms with E-state index < -0.39 is 10.0 Å². The van der Waals surface area contributed by atoms with Crippen LogP contribution in [-0.4, -0.2) is 32.9 Å². The quantitative estimate of drug-likeness (QED) is 0.865. The number of hydrogen-bond donors (Lipinski definition) is 1. The van der Waals surface area contributed by atoms with Crippen molar-refractivity contribution in [2.75, 3.05) is 20.1 Å². The number of nitrogens with one attached hydrogen (secondary N) is 1. The summed E-state index contributed by atoms with van der Waals surface area (Å²) in [5, 5.41) is 3.05. The second-order valence-electron chi connectivity index (χ2n) is 5.31. The predicted octanol–water partition coefficient (Wildman–Crippen LogP) is 2.06. The van der Waals surface area contributed by atoms with Gasteiger partial charge >= 0.3 is 0 Å². The summed E-state index contributed by atoms with van der Waals surface area (Å²) in [7, 11) is -1.55. The van der Waals surface area contributed by atoms with E-state index in [4.69, 9.17) is 0 Å². The second-order valence-corrected chi connectivity index (χ2v) is 7.21. The van der Waals surface area contributed by atoms with Gasteiger partial charge < -0.3 is 5.32 Å². The number of aryl methyl sites for hydroxylation is 1. The van der Waals surface area contributed by atoms with Crippen molar-refractivity contribution in [2.45, 2.75) is 31.7 Å². The molecule has 0 saturated carbocycles. The molecule has 0 atom stereocenters. The zero-order chi connectivity index (χ0) is 14.8. The SMILES string of the molecule is CNCc1ccc(C)c(S(=O)(=O)N2CCC=C(C)C2)c1. The highest BCUT2D eigenvalue weighted by Crippen LogP contribution is 2.24. The lowest BCUT2D eigenvalue weighted by atomic mass is 10.1. The highest BCUT2D eigenvalue weighted by molar-refractivity contribution is 7.89. The number of benzene rings is 1. The minimum atomic E-state index is -3.40. The number of rotatable bonds is 4. The van der Waals surface area contributed by atoms with Crippen LogP contribution in [0, 0.1) is 6.92 Å². The van der Waals surface area contributed by atoms with E-state index in [2.05, 4.69) is 11.4 Å². The van der Waals surface area contributed by atoms with Crippen LogP contribution in [0.2, 0.25) is 0 Å². The summed E-state index contributed by atoms with van der Waals surface area (Å²) in [6.45, 7) is 5.56. The molecule has 1 N–H and O–H groups in total. The van der Waals surface area contributed by atoms with E-state index in [0.29, 0.717) is 24.5 Å². The van der Waals surface area contributed by atoms with Crippen LogP contribution in [0.15, 0.2) is 34.7 Å². The maximum absolute atomic E-state index is 12.8. The van der Waals surface area contributed by atoms with Gasteiger partial charge in [0.25, 0.3) is 0 Å². The molecule has 1 aliphatic rings. The minimum absolute atomic E-state index is 0.431. The molecule has 0 bridgehead atoms. The Bertz CT molecular complexity index is 621. The molecule has 0 radical (unpaired) electrons. The standard InChI is InChI=1S/C15H22N2O2S/c1-12-5-4-8-17(11-12)20(18,19)15-9-14(10-16-3)7-6-13(15)2/h5-7,9,16H,4,8,10-11H2,1-3H3. The molecule has 0 amide bonds. The van der Waals surface area contributed by atoms with E-state index in [-0.39, 0.29) is 0 Å². The third-order valence-electron chi connectivity index (χ3n) is 3.55. The van der Waals surface area contributed by atoms with Gasteiger partial charge in [0.05, 0.1) is 4.90 Å². The van der Waals surface area contributed by atoms with Gasteiger partial charge in [0.2, 0.25) is 10.0 Å². The van der Waals surface area contributed by atoms with Gasteiger partial charge in [-0.1, -0.05) is 23.8 Å². The van der Waals surface area contributed by atoms with Crippen molar-refractivity contribution in [1.82, 2.24) is 9.62 Å². The van der Waals surface area contributed by atoms with Crippen molar-refractivity contribution in [2.24, 2.45) is 0 Å². The summed E-state index contributed by atoms with van der Waals surface area (Å²) in [5.74, 6) is 0. The molecular weight excluding hydrogens is 272 g/mol. The molecule has 0 unspecified atom stereocenters. The van der Waals surface area contributed by atoms with Gasteiger partial charge in [-0.05, 0) is 44.5 Å². The Morgan fingerprint density at radius 3 is 2.70 bits per heavy atom. The van der Waals surface area contributed by atoms with Crippen molar-refractivity contribution in [3.05, 3.63) is 41.0 Å². The van der Waals surface area contributed by atoms with Crippen LogP contribution in [0.25, 0.3) is 0 Å². The van der Waals surface area contributed by atoms with Gasteiger partial charge in [0.15, 0.2) is 0 Å². The summed E-state index contributed by atoms with van der Waals surface area (Å²) < 4.78 is 27.2. The maximum Gasteiger partial charge on any atom is 0.243 e. The highest BCUT2D eigenvalue weighted by Gasteiger charge is 2.27. The summed E-state index contributed by atoms with van der Waals surface area (Å²) in [4.78, 5) is 0.431. The first kappa shape index (κ1) is 15.2. The van der Waals surface area contributed by atoms with Crippen LogP contribution >= 0.6 is 0 Å². The van der Waals surface area contributed by atoms with Gasteiger partial charge in [-0.15, -0.1) is 0 Å². The second kappa shape index (κ2) is 6.08. The van der Waals surface area contributed by atoms with E-state index in [1.807, 2.05) is 33.0 Å². The van der Waals surface area contributed by atoms with Crippen molar-refractivity contribution in [3.8, 4) is 0 Å². The van der Waals surface area contributed by atoms with Crippen LogP contribution in [0.3, 0.4) is 0 Å². The van der Waals surface area contributed by atoms with Gasteiger partial charge in [-0.25, -0.2) is 8.42 Å². The molecule has 0 fully saturated rings. The Hall–Kier alpha value is -1.17. The van der Waals surface area contributed by atoms with E-state index >= 15 is 0 Å². The first-order valence-electron chi connectivity index (χ1n) is 6.85. The van der Waals surface area contributed by atoms with E-state index in [9.17, 15) is 8.42 Å². The van der Waals surface area contributed by atoms with Crippen molar-refractivity contribution in [1.29, 1.82) is 0 Å². The molecule has 1 aliphatic heterocycles. The summed E-state index contributed by atoms with van der Waals surface area (Å²) in [6, 6.07) is 5.63. The van der Waals surface area contributed by atoms with Gasteiger partial charge in [-0.2, -0.15) is 4.31 Å². The number of nitrogens with zero attached hydrogens (tertiary/aromatic N) is 1. The molecule has 0 aromatic heterocycles. The zero-order valence-electron chi connectivity index (χ0n) is 12.3. The predicted molar refractivity (Wildman–Crippen MR) is 81.1 cm³/mol. The minimum Gasteiger partial charge on any atom is -0.316 e. The summed E-state index contributed by atoms with van der Waals surface area (Å²) in [5.41, 5.74) is 2.90. The lowest BCUT2D eigenvalue weighted by molar-refractivity contribution is 0.427. The Morgan fingerprint density at radius 1 is 1.30 bits per heavy atom. The zero-order valence-corrected chi connectivity index (χ0v) is 13.1. The molecule has 1 heterocycles. The Labute approximate surface area is 121 Å². The topological polar surface area (TPSA) is 49.4 Å². The Balaban J connectivity index is 2.38. The monoisotopic (exact) mass is 294 g/mol. The maximum atomic E-state index is 12.8. The molecular formula is C15H22N2O2S. The van der Waals surface area contributed by atoms with Gasteiger partial charge in [0, 0.05) is 19.6 Å². The van der Waals surface area contributed by atoms with E-state index in [0.717, 1.165) is 23.1 Å². The smallest absolute Gasteiger partial charge is 0.243 e. The molecule has 1 aromatic carbocycles. The third-order valence-corrected chi connectivity index (χ3v) is 5.54. The fourth-order valence-electron chi connectivity index (χ4n) is 2.46. The lowest BCUT2D eigenvalue weighted by Gasteiger charge is -2.26. The van der Waals surface area contributed by atoms with Crippen molar-refractivity contribution in [3.63, 3.8) is 0 Å². The van der Waals surface area contributed by atoms with E-state index in [1.54, 1.807) is 10.4 Å². The molecule has 20 heavy (non-hydrogen) atoms. The molecule has 0 saturated heterocycles.